The second kappa shape index (κ2) is 6.65. The molecular formula is C16H19N3O2. The molecule has 0 atom stereocenters. The predicted octanol–water partition coefficient (Wildman–Crippen LogP) is 2.35. The van der Waals surface area contributed by atoms with E-state index in [-0.39, 0.29) is 12.5 Å². The lowest BCUT2D eigenvalue weighted by molar-refractivity contribution is -0.118. The summed E-state index contributed by atoms with van der Waals surface area (Å²) in [6.07, 6.45) is 0. The SMILES string of the molecule is CN(C)c1ccc(N)cc1NC(=O)COc1ccccc1. The number of nitrogens with two attached hydrogens (primary N) is 1. The first-order valence-corrected chi connectivity index (χ1v) is 6.61. The number of nitrogen functional groups attached to an aromatic ring is 1. The quantitative estimate of drug-likeness (QED) is 0.828. The third-order valence-corrected chi connectivity index (χ3v) is 2.89. The third kappa shape index (κ3) is 4.14. The maximum Gasteiger partial charge on any atom is 0.262 e. The van der Waals surface area contributed by atoms with Crippen molar-refractivity contribution in [3.8, 4) is 5.75 Å². The minimum Gasteiger partial charge on any atom is -0.484 e. The highest BCUT2D eigenvalue weighted by atomic mass is 16.5. The molecular weight excluding hydrogens is 266 g/mol. The van der Waals surface area contributed by atoms with Gasteiger partial charge in [-0.05, 0) is 30.3 Å². The summed E-state index contributed by atoms with van der Waals surface area (Å²) in [6.45, 7) is -0.0499. The van der Waals surface area contributed by atoms with E-state index in [4.69, 9.17) is 10.5 Å². The van der Waals surface area contributed by atoms with Gasteiger partial charge in [-0.25, -0.2) is 0 Å². The zero-order valence-corrected chi connectivity index (χ0v) is 12.2. The molecule has 2 rings (SSSR count). The minimum absolute atomic E-state index is 0.0499. The van der Waals surface area contributed by atoms with Gasteiger partial charge in [-0.3, -0.25) is 4.79 Å². The van der Waals surface area contributed by atoms with Crippen LogP contribution in [0.4, 0.5) is 17.1 Å². The predicted molar refractivity (Wildman–Crippen MR) is 85.7 cm³/mol. The number of amides is 1. The monoisotopic (exact) mass is 285 g/mol. The summed E-state index contributed by atoms with van der Waals surface area (Å²) in [4.78, 5) is 13.9. The Hall–Kier alpha value is -2.69. The smallest absolute Gasteiger partial charge is 0.262 e. The average Bonchev–Trinajstić information content (AvgIpc) is 2.46. The van der Waals surface area contributed by atoms with Crippen LogP contribution in [-0.2, 0) is 4.79 Å². The summed E-state index contributed by atoms with van der Waals surface area (Å²) < 4.78 is 5.41. The van der Waals surface area contributed by atoms with E-state index in [0.717, 1.165) is 5.69 Å². The Morgan fingerprint density at radius 2 is 1.90 bits per heavy atom. The number of carbonyl (C=O) groups excluding carboxylic acids is 1. The van der Waals surface area contributed by atoms with E-state index in [0.29, 0.717) is 17.1 Å². The molecule has 0 aliphatic heterocycles. The van der Waals surface area contributed by atoms with Gasteiger partial charge < -0.3 is 20.7 Å². The van der Waals surface area contributed by atoms with E-state index in [2.05, 4.69) is 5.32 Å². The Kier molecular flexibility index (Phi) is 4.66. The average molecular weight is 285 g/mol. The van der Waals surface area contributed by atoms with Crippen molar-refractivity contribution < 1.29 is 9.53 Å². The number of carbonyl (C=O) groups is 1. The van der Waals surface area contributed by atoms with Gasteiger partial charge in [0.05, 0.1) is 11.4 Å². The molecule has 2 aromatic rings. The Labute approximate surface area is 124 Å². The molecule has 0 bridgehead atoms. The van der Waals surface area contributed by atoms with E-state index in [1.54, 1.807) is 24.3 Å². The van der Waals surface area contributed by atoms with Crippen molar-refractivity contribution in [1.82, 2.24) is 0 Å². The zero-order chi connectivity index (χ0) is 15.2. The standard InChI is InChI=1S/C16H19N3O2/c1-19(2)15-9-8-12(17)10-14(15)18-16(20)11-21-13-6-4-3-5-7-13/h3-10H,11,17H2,1-2H3,(H,18,20). The lowest BCUT2D eigenvalue weighted by Crippen LogP contribution is -2.22. The number of rotatable bonds is 5. The van der Waals surface area contributed by atoms with Crippen molar-refractivity contribution in [3.05, 3.63) is 48.5 Å². The molecule has 0 heterocycles. The van der Waals surface area contributed by atoms with Crippen LogP contribution in [-0.4, -0.2) is 26.6 Å². The minimum atomic E-state index is -0.229. The largest absolute Gasteiger partial charge is 0.484 e. The molecule has 0 aliphatic carbocycles. The van der Waals surface area contributed by atoms with Crippen molar-refractivity contribution in [3.63, 3.8) is 0 Å². The van der Waals surface area contributed by atoms with E-state index in [1.807, 2.05) is 43.3 Å². The number of benzene rings is 2. The van der Waals surface area contributed by atoms with Crippen LogP contribution in [0.3, 0.4) is 0 Å². The molecule has 0 saturated carbocycles. The molecule has 0 aliphatic rings. The molecule has 3 N–H and O–H groups in total. The van der Waals surface area contributed by atoms with E-state index in [1.165, 1.54) is 0 Å². The van der Waals surface area contributed by atoms with Gasteiger partial charge in [0.2, 0.25) is 0 Å². The molecule has 0 fully saturated rings. The first-order chi connectivity index (χ1) is 10.1. The number of hydrogen-bond donors (Lipinski definition) is 2. The van der Waals surface area contributed by atoms with Gasteiger partial charge in [-0.15, -0.1) is 0 Å². The summed E-state index contributed by atoms with van der Waals surface area (Å²) >= 11 is 0. The van der Waals surface area contributed by atoms with E-state index in [9.17, 15) is 4.79 Å². The van der Waals surface area contributed by atoms with Gasteiger partial charge in [0.25, 0.3) is 5.91 Å². The lowest BCUT2D eigenvalue weighted by atomic mass is 10.2. The van der Waals surface area contributed by atoms with Crippen LogP contribution >= 0.6 is 0 Å². The highest BCUT2D eigenvalue weighted by Gasteiger charge is 2.09. The van der Waals surface area contributed by atoms with Crippen LogP contribution in [0.15, 0.2) is 48.5 Å². The van der Waals surface area contributed by atoms with Gasteiger partial charge in [-0.1, -0.05) is 18.2 Å². The summed E-state index contributed by atoms with van der Waals surface area (Å²) in [5.41, 5.74) is 7.92. The Morgan fingerprint density at radius 1 is 1.19 bits per heavy atom. The van der Waals surface area contributed by atoms with Gasteiger partial charge >= 0.3 is 0 Å². The van der Waals surface area contributed by atoms with Gasteiger partial charge in [0.15, 0.2) is 6.61 Å². The van der Waals surface area contributed by atoms with Crippen LogP contribution in [0.25, 0.3) is 0 Å². The Balaban J connectivity index is 2.01. The molecule has 1 amide bonds. The first-order valence-electron chi connectivity index (χ1n) is 6.61. The number of para-hydroxylation sites is 1. The molecule has 2 aromatic carbocycles. The normalized spacial score (nSPS) is 10.0. The van der Waals surface area contributed by atoms with Gasteiger partial charge in [0, 0.05) is 19.8 Å². The van der Waals surface area contributed by atoms with Gasteiger partial charge in [0.1, 0.15) is 5.75 Å². The molecule has 0 aromatic heterocycles. The summed E-state index contributed by atoms with van der Waals surface area (Å²) in [7, 11) is 3.81. The highest BCUT2D eigenvalue weighted by molar-refractivity contribution is 5.96. The van der Waals surface area contributed by atoms with E-state index >= 15 is 0 Å². The van der Waals surface area contributed by atoms with Crippen LogP contribution in [0, 0.1) is 0 Å². The van der Waals surface area contributed by atoms with Crippen molar-refractivity contribution >= 4 is 23.0 Å². The molecule has 0 saturated heterocycles. The van der Waals surface area contributed by atoms with Crippen LogP contribution in [0.5, 0.6) is 5.75 Å². The van der Waals surface area contributed by atoms with Crippen molar-refractivity contribution in [2.24, 2.45) is 0 Å². The molecule has 0 radical (unpaired) electrons. The second-order valence-corrected chi connectivity index (χ2v) is 4.82. The fraction of sp³-hybridized carbons (Fsp3) is 0.188. The second-order valence-electron chi connectivity index (χ2n) is 4.82. The molecule has 5 nitrogen and oxygen atoms in total. The fourth-order valence-corrected chi connectivity index (χ4v) is 1.90. The molecule has 21 heavy (non-hydrogen) atoms. The van der Waals surface area contributed by atoms with Crippen LogP contribution < -0.4 is 20.7 Å². The Morgan fingerprint density at radius 3 is 2.57 bits per heavy atom. The summed E-state index contributed by atoms with van der Waals surface area (Å²) in [5, 5.41) is 2.82. The first kappa shape index (κ1) is 14.7. The zero-order valence-electron chi connectivity index (χ0n) is 12.2. The molecule has 110 valence electrons. The van der Waals surface area contributed by atoms with Crippen LogP contribution in [0.1, 0.15) is 0 Å². The number of anilines is 3. The topological polar surface area (TPSA) is 67.6 Å². The molecule has 5 heteroatoms. The number of ether oxygens (including phenoxy) is 1. The van der Waals surface area contributed by atoms with Crippen molar-refractivity contribution in [2.45, 2.75) is 0 Å². The third-order valence-electron chi connectivity index (χ3n) is 2.89. The summed E-state index contributed by atoms with van der Waals surface area (Å²) in [6, 6.07) is 14.6. The lowest BCUT2D eigenvalue weighted by Gasteiger charge is -2.18. The number of hydrogen-bond acceptors (Lipinski definition) is 4. The van der Waals surface area contributed by atoms with Crippen molar-refractivity contribution in [2.75, 3.05) is 36.7 Å². The maximum atomic E-state index is 12.0. The highest BCUT2D eigenvalue weighted by Crippen LogP contribution is 2.26. The fourth-order valence-electron chi connectivity index (χ4n) is 1.90. The molecule has 0 spiro atoms. The van der Waals surface area contributed by atoms with Crippen LogP contribution in [0.2, 0.25) is 0 Å². The maximum absolute atomic E-state index is 12.0. The number of nitrogens with zero attached hydrogens (tertiary/aromatic N) is 1. The number of nitrogens with one attached hydrogen (secondary N) is 1. The summed E-state index contributed by atoms with van der Waals surface area (Å²) in [5.74, 6) is 0.431. The molecule has 0 unspecified atom stereocenters. The van der Waals surface area contributed by atoms with Crippen molar-refractivity contribution in [1.29, 1.82) is 0 Å². The Bertz CT molecular complexity index is 612. The van der Waals surface area contributed by atoms with Gasteiger partial charge in [-0.2, -0.15) is 0 Å². The van der Waals surface area contributed by atoms with E-state index < -0.39 is 0 Å².